The molecule has 1 atom stereocenters. The van der Waals surface area contributed by atoms with E-state index in [-0.39, 0.29) is 0 Å². The van der Waals surface area contributed by atoms with E-state index in [2.05, 4.69) is 17.4 Å². The van der Waals surface area contributed by atoms with Crippen LogP contribution in [0.5, 0.6) is 5.75 Å². The van der Waals surface area contributed by atoms with Crippen LogP contribution in [0.1, 0.15) is 17.5 Å². The summed E-state index contributed by atoms with van der Waals surface area (Å²) < 4.78 is 4.83. The lowest BCUT2D eigenvalue weighted by Crippen LogP contribution is -2.26. The van der Waals surface area contributed by atoms with Crippen LogP contribution in [-0.2, 0) is 13.0 Å². The van der Waals surface area contributed by atoms with Crippen LogP contribution in [0.15, 0.2) is 54.6 Å². The zero-order valence-electron chi connectivity index (χ0n) is 12.9. The van der Waals surface area contributed by atoms with Crippen LogP contribution < -0.4 is 15.8 Å². The highest BCUT2D eigenvalue weighted by Crippen LogP contribution is 2.13. The van der Waals surface area contributed by atoms with E-state index >= 15 is 0 Å². The van der Waals surface area contributed by atoms with Crippen molar-refractivity contribution >= 4 is 6.09 Å². The van der Waals surface area contributed by atoms with Crippen LogP contribution in [0.25, 0.3) is 0 Å². The fourth-order valence-corrected chi connectivity index (χ4v) is 2.30. The molecule has 0 spiro atoms. The molecule has 0 saturated heterocycles. The Bertz CT molecular complexity index is 617. The second-order valence-corrected chi connectivity index (χ2v) is 5.38. The highest BCUT2D eigenvalue weighted by Gasteiger charge is 2.05. The molecule has 0 aromatic heterocycles. The summed E-state index contributed by atoms with van der Waals surface area (Å²) in [6.07, 6.45) is 0.333. The number of nitrogens with two attached hydrogens (primary N) is 1. The van der Waals surface area contributed by atoms with Gasteiger partial charge >= 0.3 is 6.09 Å². The number of aliphatic hydroxyl groups is 1. The molecule has 0 aliphatic carbocycles. The molecule has 2 rings (SSSR count). The number of aliphatic hydroxyl groups excluding tert-OH is 1. The second-order valence-electron chi connectivity index (χ2n) is 5.38. The second kappa shape index (κ2) is 8.92. The number of carbonyl (C=O) groups is 1. The van der Waals surface area contributed by atoms with E-state index in [0.717, 1.165) is 12.0 Å². The van der Waals surface area contributed by atoms with Crippen molar-refractivity contribution < 1.29 is 14.6 Å². The minimum absolute atomic E-state index is 0.403. The summed E-state index contributed by atoms with van der Waals surface area (Å²) in [7, 11) is 0. The predicted molar refractivity (Wildman–Crippen MR) is 89.1 cm³/mol. The average molecular weight is 314 g/mol. The van der Waals surface area contributed by atoms with Gasteiger partial charge in [-0.15, -0.1) is 0 Å². The number of amides is 1. The van der Waals surface area contributed by atoms with Gasteiger partial charge in [0.15, 0.2) is 0 Å². The fraction of sp³-hybridized carbons (Fsp3) is 0.278. The Kier molecular flexibility index (Phi) is 6.59. The van der Waals surface area contributed by atoms with Crippen molar-refractivity contribution in [2.45, 2.75) is 25.5 Å². The Hall–Kier alpha value is -2.37. The minimum Gasteiger partial charge on any atom is -0.410 e. The minimum atomic E-state index is -0.827. The Morgan fingerprint density at radius 2 is 1.87 bits per heavy atom. The molecule has 5 nitrogen and oxygen atoms in total. The average Bonchev–Trinajstić information content (AvgIpc) is 2.54. The van der Waals surface area contributed by atoms with Gasteiger partial charge in [0.1, 0.15) is 5.75 Å². The summed E-state index contributed by atoms with van der Waals surface area (Å²) in [5.41, 5.74) is 7.17. The summed E-state index contributed by atoms with van der Waals surface area (Å²) >= 11 is 0. The summed E-state index contributed by atoms with van der Waals surface area (Å²) in [6.45, 7) is 1.09. The Morgan fingerprint density at radius 3 is 2.61 bits per heavy atom. The SMILES string of the molecule is NC(=O)Oc1cccc(CNC[C@H](O)CCc2ccccc2)c1. The molecule has 0 aliphatic heterocycles. The third-order valence-corrected chi connectivity index (χ3v) is 3.44. The topological polar surface area (TPSA) is 84.6 Å². The van der Waals surface area contributed by atoms with Crippen LogP contribution in [0.2, 0.25) is 0 Å². The maximum atomic E-state index is 10.7. The molecule has 0 saturated carbocycles. The van der Waals surface area contributed by atoms with Crippen LogP contribution in [-0.4, -0.2) is 23.8 Å². The standard InChI is InChI=1S/C18H22N2O3/c19-18(22)23-17-8-4-7-15(11-17)12-20-13-16(21)10-9-14-5-2-1-3-6-14/h1-8,11,16,20-21H,9-10,12-13H2,(H2,19,22)/t16-/m1/s1. The molecular formula is C18H22N2O3. The van der Waals surface area contributed by atoms with Crippen LogP contribution in [0.4, 0.5) is 4.79 Å². The molecule has 5 heteroatoms. The van der Waals surface area contributed by atoms with E-state index in [1.165, 1.54) is 5.56 Å². The molecule has 0 unspecified atom stereocenters. The lowest BCUT2D eigenvalue weighted by molar-refractivity contribution is 0.161. The number of nitrogens with one attached hydrogen (secondary N) is 1. The monoisotopic (exact) mass is 314 g/mol. The Morgan fingerprint density at radius 1 is 1.13 bits per heavy atom. The zero-order valence-corrected chi connectivity index (χ0v) is 12.9. The fourth-order valence-electron chi connectivity index (χ4n) is 2.30. The molecule has 122 valence electrons. The van der Waals surface area contributed by atoms with Crippen molar-refractivity contribution in [3.05, 3.63) is 65.7 Å². The summed E-state index contributed by atoms with van der Waals surface area (Å²) in [5, 5.41) is 13.2. The smallest absolute Gasteiger partial charge is 0.409 e. The first-order chi connectivity index (χ1) is 11.1. The predicted octanol–water partition coefficient (Wildman–Crippen LogP) is 2.23. The maximum absolute atomic E-state index is 10.7. The molecule has 0 fully saturated rings. The quantitative estimate of drug-likeness (QED) is 0.697. The third-order valence-electron chi connectivity index (χ3n) is 3.44. The molecule has 23 heavy (non-hydrogen) atoms. The number of primary amides is 1. The highest BCUT2D eigenvalue weighted by molar-refractivity contribution is 5.68. The van der Waals surface area contributed by atoms with Gasteiger partial charge in [0.05, 0.1) is 6.10 Å². The van der Waals surface area contributed by atoms with Gasteiger partial charge in [-0.25, -0.2) is 4.79 Å². The first kappa shape index (κ1) is 17.0. The van der Waals surface area contributed by atoms with E-state index in [9.17, 15) is 9.90 Å². The molecular weight excluding hydrogens is 292 g/mol. The number of carbonyl (C=O) groups excluding carboxylic acids is 1. The van der Waals surface area contributed by atoms with Gasteiger partial charge in [-0.2, -0.15) is 0 Å². The van der Waals surface area contributed by atoms with Crippen molar-refractivity contribution in [2.75, 3.05) is 6.54 Å². The highest BCUT2D eigenvalue weighted by atomic mass is 16.5. The molecule has 0 radical (unpaired) electrons. The largest absolute Gasteiger partial charge is 0.410 e. The van der Waals surface area contributed by atoms with E-state index in [1.54, 1.807) is 18.2 Å². The Labute approximate surface area is 136 Å². The van der Waals surface area contributed by atoms with E-state index < -0.39 is 12.2 Å². The Balaban J connectivity index is 1.71. The maximum Gasteiger partial charge on any atom is 0.409 e. The molecule has 4 N–H and O–H groups in total. The van der Waals surface area contributed by atoms with E-state index in [1.807, 2.05) is 24.3 Å². The van der Waals surface area contributed by atoms with E-state index in [0.29, 0.717) is 25.3 Å². The summed E-state index contributed by atoms with van der Waals surface area (Å²) in [5.74, 6) is 0.418. The number of benzene rings is 2. The number of aryl methyl sites for hydroxylation is 1. The summed E-state index contributed by atoms with van der Waals surface area (Å²) in [4.78, 5) is 10.7. The lowest BCUT2D eigenvalue weighted by Gasteiger charge is -2.12. The van der Waals surface area contributed by atoms with Crippen LogP contribution >= 0.6 is 0 Å². The molecule has 2 aromatic rings. The van der Waals surface area contributed by atoms with E-state index in [4.69, 9.17) is 10.5 Å². The van der Waals surface area contributed by atoms with Crippen LogP contribution in [0, 0.1) is 0 Å². The van der Waals surface area contributed by atoms with Crippen molar-refractivity contribution in [1.29, 1.82) is 0 Å². The third kappa shape index (κ3) is 6.50. The first-order valence-corrected chi connectivity index (χ1v) is 7.62. The number of hydrogen-bond donors (Lipinski definition) is 3. The van der Waals surface area contributed by atoms with Gasteiger partial charge in [0, 0.05) is 13.1 Å². The zero-order chi connectivity index (χ0) is 16.5. The van der Waals surface area contributed by atoms with Crippen molar-refractivity contribution in [3.63, 3.8) is 0 Å². The summed E-state index contributed by atoms with van der Waals surface area (Å²) in [6, 6.07) is 17.2. The van der Waals surface area contributed by atoms with Crippen molar-refractivity contribution in [3.8, 4) is 5.75 Å². The van der Waals surface area contributed by atoms with Gasteiger partial charge in [0.25, 0.3) is 0 Å². The number of hydrogen-bond acceptors (Lipinski definition) is 4. The van der Waals surface area contributed by atoms with Gasteiger partial charge in [-0.1, -0.05) is 42.5 Å². The number of rotatable bonds is 8. The number of ether oxygens (including phenoxy) is 1. The van der Waals surface area contributed by atoms with Gasteiger partial charge in [-0.05, 0) is 36.1 Å². The van der Waals surface area contributed by atoms with Gasteiger partial charge < -0.3 is 20.9 Å². The molecule has 0 aliphatic rings. The normalized spacial score (nSPS) is 11.9. The van der Waals surface area contributed by atoms with Crippen LogP contribution in [0.3, 0.4) is 0 Å². The molecule has 0 heterocycles. The lowest BCUT2D eigenvalue weighted by atomic mass is 10.1. The first-order valence-electron chi connectivity index (χ1n) is 7.62. The molecule has 1 amide bonds. The van der Waals surface area contributed by atoms with Crippen molar-refractivity contribution in [1.82, 2.24) is 5.32 Å². The van der Waals surface area contributed by atoms with Crippen molar-refractivity contribution in [2.24, 2.45) is 5.73 Å². The molecule has 2 aromatic carbocycles. The molecule has 0 bridgehead atoms. The van der Waals surface area contributed by atoms with Gasteiger partial charge in [0.2, 0.25) is 0 Å². The van der Waals surface area contributed by atoms with Gasteiger partial charge in [-0.3, -0.25) is 0 Å².